The van der Waals surface area contributed by atoms with E-state index in [-0.39, 0.29) is 12.5 Å². The molecule has 0 fully saturated rings. The van der Waals surface area contributed by atoms with E-state index in [4.69, 9.17) is 23.8 Å². The van der Waals surface area contributed by atoms with Crippen LogP contribution in [0.15, 0.2) is 67.0 Å². The average Bonchev–Trinajstić information content (AvgIpc) is 3.30. The lowest BCUT2D eigenvalue weighted by Gasteiger charge is -2.07. The third kappa shape index (κ3) is 4.61. The third-order valence-corrected chi connectivity index (χ3v) is 4.83. The monoisotopic (exact) mass is 424 g/mol. The van der Waals surface area contributed by atoms with Gasteiger partial charge in [-0.15, -0.1) is 0 Å². The Hall–Kier alpha value is -3.23. The van der Waals surface area contributed by atoms with Gasteiger partial charge in [-0.05, 0) is 42.0 Å². The van der Waals surface area contributed by atoms with Gasteiger partial charge in [-0.3, -0.25) is 19.1 Å². The zero-order valence-electron chi connectivity index (χ0n) is 15.2. The second kappa shape index (κ2) is 8.42. The zero-order valence-corrected chi connectivity index (χ0v) is 16.8. The summed E-state index contributed by atoms with van der Waals surface area (Å²) in [4.78, 5) is 12.6. The zero-order chi connectivity index (χ0) is 20.2. The van der Waals surface area contributed by atoms with E-state index in [1.54, 1.807) is 33.8 Å². The highest BCUT2D eigenvalue weighted by Gasteiger charge is 2.13. The molecule has 2 aromatic carbocycles. The first-order chi connectivity index (χ1) is 14.1. The molecule has 0 unspecified atom stereocenters. The summed E-state index contributed by atoms with van der Waals surface area (Å²) in [6.45, 7) is 0.654. The van der Waals surface area contributed by atoms with Gasteiger partial charge in [-0.1, -0.05) is 41.9 Å². The number of aromatic amines is 1. The number of aromatic nitrogens is 5. The molecule has 9 heteroatoms. The van der Waals surface area contributed by atoms with Gasteiger partial charge in [0.15, 0.2) is 10.6 Å². The van der Waals surface area contributed by atoms with E-state index in [9.17, 15) is 4.79 Å². The normalized spacial score (nSPS) is 10.8. The Morgan fingerprint density at radius 1 is 1.14 bits per heavy atom. The van der Waals surface area contributed by atoms with Crippen molar-refractivity contribution in [2.75, 3.05) is 5.32 Å². The summed E-state index contributed by atoms with van der Waals surface area (Å²) in [5.41, 5.74) is 2.56. The molecule has 0 bridgehead atoms. The highest BCUT2D eigenvalue weighted by Crippen LogP contribution is 2.20. The van der Waals surface area contributed by atoms with Crippen LogP contribution in [-0.2, 0) is 17.9 Å². The molecule has 0 saturated carbocycles. The number of nitrogens with one attached hydrogen (secondary N) is 2. The van der Waals surface area contributed by atoms with E-state index in [0.717, 1.165) is 11.1 Å². The molecule has 0 aliphatic carbocycles. The number of hydrogen-bond donors (Lipinski definition) is 2. The first kappa shape index (κ1) is 19.1. The number of carbonyl (C=O) groups is 1. The number of carbonyl (C=O) groups excluding carboxylic acids is 1. The SMILES string of the molecule is O=C(Cn1c(-c2ccc(Cl)cc2)n[nH]c1=S)Nc1cnn(Cc2ccccc2)c1. The molecule has 146 valence electrons. The molecule has 4 aromatic rings. The molecule has 1 amide bonds. The van der Waals surface area contributed by atoms with Crippen molar-refractivity contribution in [1.82, 2.24) is 24.5 Å². The van der Waals surface area contributed by atoms with Crippen molar-refractivity contribution in [3.8, 4) is 11.4 Å². The Morgan fingerprint density at radius 2 is 1.90 bits per heavy atom. The van der Waals surface area contributed by atoms with Gasteiger partial charge in [0.1, 0.15) is 6.54 Å². The standard InChI is InChI=1S/C20H17ClN6OS/c21-16-8-6-15(7-9-16)19-24-25-20(29)27(19)13-18(28)23-17-10-22-26(12-17)11-14-4-2-1-3-5-14/h1-10,12H,11,13H2,(H,23,28)(H,25,29). The number of hydrogen-bond acceptors (Lipinski definition) is 4. The number of benzene rings is 2. The lowest BCUT2D eigenvalue weighted by Crippen LogP contribution is -2.19. The topological polar surface area (TPSA) is 80.5 Å². The van der Waals surface area contributed by atoms with Crippen LogP contribution >= 0.6 is 23.8 Å². The van der Waals surface area contributed by atoms with Crippen molar-refractivity contribution in [3.05, 3.63) is 82.3 Å². The van der Waals surface area contributed by atoms with Crippen LogP contribution in [0, 0.1) is 4.77 Å². The smallest absolute Gasteiger partial charge is 0.244 e. The van der Waals surface area contributed by atoms with Crippen LogP contribution in [0.1, 0.15) is 5.56 Å². The highest BCUT2D eigenvalue weighted by atomic mass is 35.5. The van der Waals surface area contributed by atoms with Crippen LogP contribution in [0.5, 0.6) is 0 Å². The van der Waals surface area contributed by atoms with Gasteiger partial charge in [-0.2, -0.15) is 10.2 Å². The van der Waals surface area contributed by atoms with E-state index in [2.05, 4.69) is 20.6 Å². The third-order valence-electron chi connectivity index (χ3n) is 4.27. The number of amides is 1. The first-order valence-corrected chi connectivity index (χ1v) is 9.64. The molecular weight excluding hydrogens is 408 g/mol. The second-order valence-corrected chi connectivity index (χ2v) is 7.23. The largest absolute Gasteiger partial charge is 0.322 e. The molecule has 2 N–H and O–H groups in total. The van der Waals surface area contributed by atoms with E-state index in [0.29, 0.717) is 27.9 Å². The van der Waals surface area contributed by atoms with E-state index in [1.807, 2.05) is 42.5 Å². The van der Waals surface area contributed by atoms with Gasteiger partial charge in [0.05, 0.1) is 18.4 Å². The van der Waals surface area contributed by atoms with Crippen LogP contribution in [-0.4, -0.2) is 30.5 Å². The minimum Gasteiger partial charge on any atom is -0.322 e. The van der Waals surface area contributed by atoms with E-state index < -0.39 is 0 Å². The van der Waals surface area contributed by atoms with Crippen molar-refractivity contribution in [2.45, 2.75) is 13.1 Å². The lowest BCUT2D eigenvalue weighted by molar-refractivity contribution is -0.116. The van der Waals surface area contributed by atoms with Crippen LogP contribution < -0.4 is 5.32 Å². The molecule has 0 spiro atoms. The fraction of sp³-hybridized carbons (Fsp3) is 0.100. The van der Waals surface area contributed by atoms with Crippen LogP contribution in [0.4, 0.5) is 5.69 Å². The summed E-state index contributed by atoms with van der Waals surface area (Å²) in [7, 11) is 0. The maximum Gasteiger partial charge on any atom is 0.244 e. The maximum atomic E-state index is 12.6. The van der Waals surface area contributed by atoms with Gasteiger partial charge in [-0.25, -0.2) is 0 Å². The summed E-state index contributed by atoms with van der Waals surface area (Å²) in [6, 6.07) is 17.2. The predicted octanol–water partition coefficient (Wildman–Crippen LogP) is 4.14. The summed E-state index contributed by atoms with van der Waals surface area (Å²) in [5, 5.41) is 14.7. The van der Waals surface area contributed by atoms with Gasteiger partial charge in [0.25, 0.3) is 0 Å². The number of rotatable bonds is 6. The summed E-state index contributed by atoms with van der Waals surface area (Å²) in [6.07, 6.45) is 3.41. The summed E-state index contributed by atoms with van der Waals surface area (Å²) >= 11 is 11.2. The Labute approximate surface area is 177 Å². The summed E-state index contributed by atoms with van der Waals surface area (Å²) < 4.78 is 3.78. The Kier molecular flexibility index (Phi) is 5.55. The molecule has 2 aromatic heterocycles. The Balaban J connectivity index is 1.45. The van der Waals surface area contributed by atoms with Crippen molar-refractivity contribution in [2.24, 2.45) is 0 Å². The molecule has 0 radical (unpaired) electrons. The van der Waals surface area contributed by atoms with Crippen molar-refractivity contribution < 1.29 is 4.79 Å². The molecule has 29 heavy (non-hydrogen) atoms. The van der Waals surface area contributed by atoms with Crippen molar-refractivity contribution in [3.63, 3.8) is 0 Å². The number of halogens is 1. The van der Waals surface area contributed by atoms with Gasteiger partial charge in [0.2, 0.25) is 5.91 Å². The molecule has 7 nitrogen and oxygen atoms in total. The lowest BCUT2D eigenvalue weighted by atomic mass is 10.2. The quantitative estimate of drug-likeness (QED) is 0.456. The van der Waals surface area contributed by atoms with Gasteiger partial charge < -0.3 is 5.32 Å². The first-order valence-electron chi connectivity index (χ1n) is 8.86. The second-order valence-electron chi connectivity index (χ2n) is 6.41. The maximum absolute atomic E-state index is 12.6. The molecule has 0 saturated heterocycles. The highest BCUT2D eigenvalue weighted by molar-refractivity contribution is 7.71. The van der Waals surface area contributed by atoms with E-state index in [1.165, 1.54) is 0 Å². The van der Waals surface area contributed by atoms with Gasteiger partial charge >= 0.3 is 0 Å². The molecule has 4 rings (SSSR count). The molecule has 0 aliphatic heterocycles. The number of H-pyrrole nitrogens is 1. The average molecular weight is 425 g/mol. The molecule has 0 atom stereocenters. The number of anilines is 1. The Morgan fingerprint density at radius 3 is 2.66 bits per heavy atom. The number of nitrogens with zero attached hydrogens (tertiary/aromatic N) is 4. The van der Waals surface area contributed by atoms with E-state index >= 15 is 0 Å². The molecule has 0 aliphatic rings. The van der Waals surface area contributed by atoms with Crippen molar-refractivity contribution in [1.29, 1.82) is 0 Å². The van der Waals surface area contributed by atoms with Crippen LogP contribution in [0.3, 0.4) is 0 Å². The molecule has 2 heterocycles. The fourth-order valence-electron chi connectivity index (χ4n) is 2.91. The minimum atomic E-state index is -0.225. The predicted molar refractivity (Wildman–Crippen MR) is 114 cm³/mol. The fourth-order valence-corrected chi connectivity index (χ4v) is 3.24. The van der Waals surface area contributed by atoms with Crippen LogP contribution in [0.25, 0.3) is 11.4 Å². The minimum absolute atomic E-state index is 0.0250. The van der Waals surface area contributed by atoms with Gasteiger partial charge in [0, 0.05) is 16.8 Å². The Bertz CT molecular complexity index is 1180. The molecular formula is C20H17ClN6OS. The summed E-state index contributed by atoms with van der Waals surface area (Å²) in [5.74, 6) is 0.346. The van der Waals surface area contributed by atoms with Crippen molar-refractivity contribution >= 4 is 35.4 Å². The van der Waals surface area contributed by atoms with Crippen LogP contribution in [0.2, 0.25) is 5.02 Å².